The zero-order chi connectivity index (χ0) is 14.0. The van der Waals surface area contributed by atoms with Crippen LogP contribution in [0.2, 0.25) is 5.15 Å². The minimum atomic E-state index is -0.949. The Balaban J connectivity index is 2.33. The van der Waals surface area contributed by atoms with Crippen LogP contribution in [-0.4, -0.2) is 15.9 Å². The number of aryl methyl sites for hydroxylation is 1. The van der Waals surface area contributed by atoms with Crippen molar-refractivity contribution in [2.45, 2.75) is 6.92 Å². The molecule has 98 valence electrons. The van der Waals surface area contributed by atoms with Gasteiger partial charge in [0, 0.05) is 0 Å². The van der Waals surface area contributed by atoms with Crippen LogP contribution in [0.3, 0.4) is 0 Å². The molecule has 2 aromatic rings. The van der Waals surface area contributed by atoms with E-state index < -0.39 is 23.1 Å². The van der Waals surface area contributed by atoms with Crippen molar-refractivity contribution in [3.63, 3.8) is 0 Å². The topological polar surface area (TPSA) is 54.9 Å². The Morgan fingerprint density at radius 2 is 2.05 bits per heavy atom. The Morgan fingerprint density at radius 3 is 2.74 bits per heavy atom. The summed E-state index contributed by atoms with van der Waals surface area (Å²) in [5, 5.41) is 2.29. The number of nitrogens with zero attached hydrogens (tertiary/aromatic N) is 2. The van der Waals surface area contributed by atoms with E-state index in [1.807, 2.05) is 0 Å². The molecule has 1 aromatic carbocycles. The molecule has 0 aliphatic heterocycles. The normalized spacial score (nSPS) is 10.3. The first-order valence-corrected chi connectivity index (χ1v) is 5.60. The number of nitrogens with one attached hydrogen (secondary N) is 1. The second-order valence-corrected chi connectivity index (χ2v) is 4.12. The van der Waals surface area contributed by atoms with Gasteiger partial charge in [-0.15, -0.1) is 0 Å². The van der Waals surface area contributed by atoms with Gasteiger partial charge in [0.15, 0.2) is 5.82 Å². The number of aromatic nitrogens is 2. The molecule has 1 N–H and O–H groups in total. The fourth-order valence-electron chi connectivity index (χ4n) is 1.45. The SMILES string of the molecule is Cc1ccc(F)c(C(=O)Nc2cncc(Cl)n2)c1F. The summed E-state index contributed by atoms with van der Waals surface area (Å²) in [6, 6.07) is 2.28. The average molecular weight is 284 g/mol. The Hall–Kier alpha value is -2.08. The molecule has 0 bridgehead atoms. The van der Waals surface area contributed by atoms with E-state index in [0.29, 0.717) is 0 Å². The average Bonchev–Trinajstić information content (AvgIpc) is 2.34. The fourth-order valence-corrected chi connectivity index (χ4v) is 1.59. The second kappa shape index (κ2) is 5.27. The van der Waals surface area contributed by atoms with Crippen molar-refractivity contribution < 1.29 is 13.6 Å². The van der Waals surface area contributed by atoms with Crippen molar-refractivity contribution >= 4 is 23.3 Å². The lowest BCUT2D eigenvalue weighted by atomic mass is 10.1. The molecule has 0 unspecified atom stereocenters. The van der Waals surface area contributed by atoms with Gasteiger partial charge in [-0.05, 0) is 18.6 Å². The van der Waals surface area contributed by atoms with E-state index >= 15 is 0 Å². The summed E-state index contributed by atoms with van der Waals surface area (Å²) >= 11 is 5.59. The molecule has 0 aliphatic rings. The van der Waals surface area contributed by atoms with Gasteiger partial charge >= 0.3 is 0 Å². The summed E-state index contributed by atoms with van der Waals surface area (Å²) in [4.78, 5) is 19.3. The minimum Gasteiger partial charge on any atom is -0.305 e. The molecular formula is C12H8ClF2N3O. The highest BCUT2D eigenvalue weighted by molar-refractivity contribution is 6.29. The summed E-state index contributed by atoms with van der Waals surface area (Å²) in [6.07, 6.45) is 2.49. The smallest absolute Gasteiger partial charge is 0.262 e. The first-order valence-electron chi connectivity index (χ1n) is 5.22. The van der Waals surface area contributed by atoms with Crippen molar-refractivity contribution in [3.05, 3.63) is 52.4 Å². The molecule has 19 heavy (non-hydrogen) atoms. The summed E-state index contributed by atoms with van der Waals surface area (Å²) in [6.45, 7) is 1.44. The Labute approximate surface area is 112 Å². The van der Waals surface area contributed by atoms with Gasteiger partial charge in [0.1, 0.15) is 22.4 Å². The van der Waals surface area contributed by atoms with E-state index in [1.165, 1.54) is 25.4 Å². The number of hydrogen-bond donors (Lipinski definition) is 1. The Morgan fingerprint density at radius 1 is 1.32 bits per heavy atom. The molecule has 0 saturated heterocycles. The highest BCUT2D eigenvalue weighted by atomic mass is 35.5. The molecule has 7 heteroatoms. The molecular weight excluding hydrogens is 276 g/mol. The number of halogens is 3. The van der Waals surface area contributed by atoms with Gasteiger partial charge in [0.2, 0.25) is 0 Å². The van der Waals surface area contributed by atoms with Gasteiger partial charge in [-0.1, -0.05) is 17.7 Å². The van der Waals surface area contributed by atoms with Gasteiger partial charge in [-0.2, -0.15) is 0 Å². The van der Waals surface area contributed by atoms with Gasteiger partial charge < -0.3 is 5.32 Å². The van der Waals surface area contributed by atoms with Crippen molar-refractivity contribution in [3.8, 4) is 0 Å². The Bertz CT molecular complexity index is 649. The highest BCUT2D eigenvalue weighted by Crippen LogP contribution is 2.18. The van der Waals surface area contributed by atoms with Crippen LogP contribution in [0.25, 0.3) is 0 Å². The van der Waals surface area contributed by atoms with E-state index in [0.717, 1.165) is 6.07 Å². The summed E-state index contributed by atoms with van der Waals surface area (Å²) in [5.41, 5.74) is -0.495. The van der Waals surface area contributed by atoms with Crippen LogP contribution in [0.15, 0.2) is 24.5 Å². The maximum Gasteiger partial charge on any atom is 0.262 e. The quantitative estimate of drug-likeness (QED) is 0.922. The molecule has 4 nitrogen and oxygen atoms in total. The number of carbonyl (C=O) groups is 1. The maximum atomic E-state index is 13.7. The van der Waals surface area contributed by atoms with Crippen molar-refractivity contribution in [1.29, 1.82) is 0 Å². The van der Waals surface area contributed by atoms with E-state index in [1.54, 1.807) is 0 Å². The predicted octanol–water partition coefficient (Wildman–Crippen LogP) is 2.97. The van der Waals surface area contributed by atoms with Crippen LogP contribution < -0.4 is 5.32 Å². The molecule has 1 amide bonds. The van der Waals surface area contributed by atoms with Crippen LogP contribution >= 0.6 is 11.6 Å². The standard InChI is InChI=1S/C12H8ClF2N3O/c1-6-2-3-7(14)10(11(6)15)12(19)18-9-5-16-4-8(13)17-9/h2-5H,1H3,(H,17,18,19). The van der Waals surface area contributed by atoms with Crippen LogP contribution in [-0.2, 0) is 0 Å². The fraction of sp³-hybridized carbons (Fsp3) is 0.0833. The van der Waals surface area contributed by atoms with E-state index in [9.17, 15) is 13.6 Å². The monoisotopic (exact) mass is 283 g/mol. The lowest BCUT2D eigenvalue weighted by Gasteiger charge is -2.07. The van der Waals surface area contributed by atoms with Gasteiger partial charge in [-0.25, -0.2) is 13.8 Å². The highest BCUT2D eigenvalue weighted by Gasteiger charge is 2.19. The number of anilines is 1. The van der Waals surface area contributed by atoms with Gasteiger partial charge in [-0.3, -0.25) is 9.78 Å². The zero-order valence-electron chi connectivity index (χ0n) is 9.75. The third-order valence-corrected chi connectivity index (χ3v) is 2.54. The molecule has 0 atom stereocenters. The number of rotatable bonds is 2. The second-order valence-electron chi connectivity index (χ2n) is 3.73. The lowest BCUT2D eigenvalue weighted by molar-refractivity contribution is 0.101. The minimum absolute atomic E-state index is 0.0119. The Kier molecular flexibility index (Phi) is 3.71. The summed E-state index contributed by atoms with van der Waals surface area (Å²) < 4.78 is 27.2. The molecule has 0 fully saturated rings. The number of benzene rings is 1. The third kappa shape index (κ3) is 2.85. The summed E-state index contributed by atoms with van der Waals surface area (Å²) in [5.74, 6) is -2.80. The van der Waals surface area contributed by atoms with Crippen LogP contribution in [0.5, 0.6) is 0 Å². The maximum absolute atomic E-state index is 13.7. The van der Waals surface area contributed by atoms with Crippen LogP contribution in [0, 0.1) is 18.6 Å². The third-order valence-electron chi connectivity index (χ3n) is 2.36. The predicted molar refractivity (Wildman–Crippen MR) is 66.1 cm³/mol. The van der Waals surface area contributed by atoms with Crippen molar-refractivity contribution in [2.24, 2.45) is 0 Å². The largest absolute Gasteiger partial charge is 0.305 e. The van der Waals surface area contributed by atoms with Gasteiger partial charge in [0.05, 0.1) is 12.4 Å². The first kappa shape index (κ1) is 13.4. The molecule has 0 saturated carbocycles. The molecule has 0 spiro atoms. The van der Waals surface area contributed by atoms with E-state index in [2.05, 4.69) is 15.3 Å². The van der Waals surface area contributed by atoms with E-state index in [4.69, 9.17) is 11.6 Å². The number of amides is 1. The first-order chi connectivity index (χ1) is 8.99. The molecule has 1 aromatic heterocycles. The van der Waals surface area contributed by atoms with Crippen LogP contribution in [0.4, 0.5) is 14.6 Å². The van der Waals surface area contributed by atoms with Crippen molar-refractivity contribution in [2.75, 3.05) is 5.32 Å². The van der Waals surface area contributed by atoms with E-state index in [-0.39, 0.29) is 16.5 Å². The molecule has 0 aliphatic carbocycles. The zero-order valence-corrected chi connectivity index (χ0v) is 10.5. The van der Waals surface area contributed by atoms with Crippen molar-refractivity contribution in [1.82, 2.24) is 9.97 Å². The summed E-state index contributed by atoms with van der Waals surface area (Å²) in [7, 11) is 0. The molecule has 0 radical (unpaired) electrons. The lowest BCUT2D eigenvalue weighted by Crippen LogP contribution is -2.17. The number of carbonyl (C=O) groups excluding carboxylic acids is 1. The number of hydrogen-bond acceptors (Lipinski definition) is 3. The van der Waals surface area contributed by atoms with Crippen LogP contribution in [0.1, 0.15) is 15.9 Å². The molecule has 1 heterocycles. The molecule has 2 rings (SSSR count). The van der Waals surface area contributed by atoms with Gasteiger partial charge in [0.25, 0.3) is 5.91 Å².